The van der Waals surface area contributed by atoms with Gasteiger partial charge >= 0.3 is 0 Å². The van der Waals surface area contributed by atoms with Gasteiger partial charge in [-0.3, -0.25) is 0 Å². The molecule has 0 saturated heterocycles. The Hall–Kier alpha value is -1.35. The quantitative estimate of drug-likeness (QED) is 0.918. The maximum Gasteiger partial charge on any atom is 0.0910 e. The molecule has 0 bridgehead atoms. The Balaban J connectivity index is 1.89. The molecular formula is C18H19ClO2. The van der Waals surface area contributed by atoms with E-state index in [9.17, 15) is 5.11 Å². The van der Waals surface area contributed by atoms with Crippen LogP contribution in [0.25, 0.3) is 0 Å². The summed E-state index contributed by atoms with van der Waals surface area (Å²) < 4.78 is 5.90. The van der Waals surface area contributed by atoms with Gasteiger partial charge in [-0.1, -0.05) is 54.1 Å². The lowest BCUT2D eigenvalue weighted by Gasteiger charge is -2.33. The van der Waals surface area contributed by atoms with E-state index < -0.39 is 5.60 Å². The Labute approximate surface area is 130 Å². The van der Waals surface area contributed by atoms with E-state index in [1.807, 2.05) is 30.3 Å². The topological polar surface area (TPSA) is 29.5 Å². The second kappa shape index (κ2) is 5.80. The van der Waals surface area contributed by atoms with Crippen LogP contribution < -0.4 is 0 Å². The van der Waals surface area contributed by atoms with Crippen LogP contribution in [0.2, 0.25) is 5.02 Å². The van der Waals surface area contributed by atoms with Crippen LogP contribution in [0.1, 0.15) is 36.1 Å². The van der Waals surface area contributed by atoms with E-state index in [1.165, 1.54) is 11.1 Å². The highest BCUT2D eigenvalue weighted by Gasteiger charge is 2.32. The van der Waals surface area contributed by atoms with Gasteiger partial charge in [-0.15, -0.1) is 0 Å². The lowest BCUT2D eigenvalue weighted by atomic mass is 9.85. The first-order valence-electron chi connectivity index (χ1n) is 7.25. The third-order valence-corrected chi connectivity index (χ3v) is 4.46. The highest BCUT2D eigenvalue weighted by molar-refractivity contribution is 6.31. The minimum Gasteiger partial charge on any atom is -0.385 e. The molecule has 21 heavy (non-hydrogen) atoms. The Bertz CT molecular complexity index is 637. The van der Waals surface area contributed by atoms with Crippen LogP contribution in [-0.2, 0) is 16.8 Å². The SMILES string of the molecule is CC(O)(CC1OCCc2ccccc21)c1ccccc1Cl. The molecule has 0 radical (unpaired) electrons. The summed E-state index contributed by atoms with van der Waals surface area (Å²) in [5.41, 5.74) is 2.21. The standard InChI is InChI=1S/C18H19ClO2/c1-18(20,15-8-4-5-9-16(15)19)12-17-14-7-3-2-6-13(14)10-11-21-17/h2-9,17,20H,10-12H2,1H3. The fourth-order valence-corrected chi connectivity index (χ4v) is 3.35. The van der Waals surface area contributed by atoms with Crippen LogP contribution in [0.3, 0.4) is 0 Å². The second-order valence-corrected chi connectivity index (χ2v) is 6.17. The Morgan fingerprint density at radius 1 is 1.19 bits per heavy atom. The van der Waals surface area contributed by atoms with Crippen LogP contribution >= 0.6 is 11.6 Å². The number of fused-ring (bicyclic) bond motifs is 1. The third kappa shape index (κ3) is 2.98. The molecular weight excluding hydrogens is 284 g/mol. The van der Waals surface area contributed by atoms with Crippen LogP contribution in [0.4, 0.5) is 0 Å². The van der Waals surface area contributed by atoms with Gasteiger partial charge in [0, 0.05) is 17.0 Å². The lowest BCUT2D eigenvalue weighted by molar-refractivity contribution is -0.0398. The first-order valence-corrected chi connectivity index (χ1v) is 7.62. The molecule has 2 unspecified atom stereocenters. The number of hydrogen-bond donors (Lipinski definition) is 1. The van der Waals surface area contributed by atoms with Crippen molar-refractivity contribution >= 4 is 11.6 Å². The Kier molecular flexibility index (Phi) is 4.03. The van der Waals surface area contributed by atoms with E-state index in [2.05, 4.69) is 12.1 Å². The van der Waals surface area contributed by atoms with Gasteiger partial charge in [0.25, 0.3) is 0 Å². The molecule has 1 aliphatic rings. The predicted molar refractivity (Wildman–Crippen MR) is 84.5 cm³/mol. The number of hydrogen-bond acceptors (Lipinski definition) is 2. The maximum atomic E-state index is 10.9. The average Bonchev–Trinajstić information content (AvgIpc) is 2.47. The second-order valence-electron chi connectivity index (χ2n) is 5.77. The average molecular weight is 303 g/mol. The molecule has 0 spiro atoms. The Morgan fingerprint density at radius 3 is 2.71 bits per heavy atom. The summed E-state index contributed by atoms with van der Waals surface area (Å²) in [7, 11) is 0. The van der Waals surface area contributed by atoms with Gasteiger partial charge in [0.2, 0.25) is 0 Å². The highest BCUT2D eigenvalue weighted by atomic mass is 35.5. The van der Waals surface area contributed by atoms with Crippen LogP contribution in [0, 0.1) is 0 Å². The van der Waals surface area contributed by atoms with Gasteiger partial charge in [0.05, 0.1) is 18.3 Å². The maximum absolute atomic E-state index is 10.9. The zero-order valence-corrected chi connectivity index (χ0v) is 12.8. The summed E-state index contributed by atoms with van der Waals surface area (Å²) >= 11 is 6.23. The zero-order chi connectivity index (χ0) is 14.9. The summed E-state index contributed by atoms with van der Waals surface area (Å²) in [6.07, 6.45) is 1.33. The minimum absolute atomic E-state index is 0.0961. The number of rotatable bonds is 3. The third-order valence-electron chi connectivity index (χ3n) is 4.13. The molecule has 0 aliphatic carbocycles. The van der Waals surface area contributed by atoms with E-state index >= 15 is 0 Å². The first kappa shape index (κ1) is 14.6. The summed E-state index contributed by atoms with van der Waals surface area (Å²) in [4.78, 5) is 0. The van der Waals surface area contributed by atoms with Crippen molar-refractivity contribution in [1.82, 2.24) is 0 Å². The summed E-state index contributed by atoms with van der Waals surface area (Å²) in [6.45, 7) is 2.50. The molecule has 1 aliphatic heterocycles. The molecule has 3 heteroatoms. The zero-order valence-electron chi connectivity index (χ0n) is 12.1. The Morgan fingerprint density at radius 2 is 1.90 bits per heavy atom. The molecule has 0 saturated carbocycles. The molecule has 0 aromatic heterocycles. The highest BCUT2D eigenvalue weighted by Crippen LogP contribution is 2.39. The molecule has 2 aromatic rings. The van der Waals surface area contributed by atoms with Gasteiger partial charge in [0.1, 0.15) is 0 Å². The molecule has 0 fully saturated rings. The normalized spacial score (nSPS) is 20.6. The smallest absolute Gasteiger partial charge is 0.0910 e. The van der Waals surface area contributed by atoms with Crippen molar-refractivity contribution in [2.24, 2.45) is 0 Å². The van der Waals surface area contributed by atoms with Crippen molar-refractivity contribution in [1.29, 1.82) is 0 Å². The predicted octanol–water partition coefficient (Wildman–Crippen LogP) is 4.25. The van der Waals surface area contributed by atoms with Gasteiger partial charge in [-0.2, -0.15) is 0 Å². The lowest BCUT2D eigenvalue weighted by Crippen LogP contribution is -2.28. The van der Waals surface area contributed by atoms with Crippen molar-refractivity contribution in [2.75, 3.05) is 6.61 Å². The molecule has 2 nitrogen and oxygen atoms in total. The largest absolute Gasteiger partial charge is 0.385 e. The number of ether oxygens (including phenoxy) is 1. The first-order chi connectivity index (χ1) is 10.1. The molecule has 2 atom stereocenters. The van der Waals surface area contributed by atoms with Crippen molar-refractivity contribution in [3.8, 4) is 0 Å². The van der Waals surface area contributed by atoms with Gasteiger partial charge in [-0.05, 0) is 30.5 Å². The number of halogens is 1. The van der Waals surface area contributed by atoms with Gasteiger partial charge < -0.3 is 9.84 Å². The number of benzene rings is 2. The van der Waals surface area contributed by atoms with Crippen molar-refractivity contribution in [3.05, 3.63) is 70.2 Å². The van der Waals surface area contributed by atoms with Crippen molar-refractivity contribution < 1.29 is 9.84 Å². The molecule has 110 valence electrons. The van der Waals surface area contributed by atoms with Crippen LogP contribution in [0.5, 0.6) is 0 Å². The van der Waals surface area contributed by atoms with E-state index in [4.69, 9.17) is 16.3 Å². The fourth-order valence-electron chi connectivity index (χ4n) is 3.01. The number of aliphatic hydroxyl groups is 1. The van der Waals surface area contributed by atoms with E-state index in [0.717, 1.165) is 12.0 Å². The van der Waals surface area contributed by atoms with Crippen molar-refractivity contribution in [3.63, 3.8) is 0 Å². The van der Waals surface area contributed by atoms with E-state index in [-0.39, 0.29) is 6.10 Å². The molecule has 1 heterocycles. The van der Waals surface area contributed by atoms with E-state index in [1.54, 1.807) is 13.0 Å². The molecule has 3 rings (SSSR count). The minimum atomic E-state index is -1.02. The van der Waals surface area contributed by atoms with Gasteiger partial charge in [0.15, 0.2) is 0 Å². The fraction of sp³-hybridized carbons (Fsp3) is 0.333. The summed E-state index contributed by atoms with van der Waals surface area (Å²) in [5, 5.41) is 11.5. The molecule has 0 amide bonds. The van der Waals surface area contributed by atoms with Crippen LogP contribution in [-0.4, -0.2) is 11.7 Å². The van der Waals surface area contributed by atoms with E-state index in [0.29, 0.717) is 18.1 Å². The molecule has 2 aromatic carbocycles. The molecule has 1 N–H and O–H groups in total. The monoisotopic (exact) mass is 302 g/mol. The van der Waals surface area contributed by atoms with Gasteiger partial charge in [-0.25, -0.2) is 0 Å². The van der Waals surface area contributed by atoms with Crippen molar-refractivity contribution in [2.45, 2.75) is 31.5 Å². The summed E-state index contributed by atoms with van der Waals surface area (Å²) in [6, 6.07) is 15.7. The summed E-state index contributed by atoms with van der Waals surface area (Å²) in [5.74, 6) is 0. The van der Waals surface area contributed by atoms with Crippen LogP contribution in [0.15, 0.2) is 48.5 Å².